The fraction of sp³-hybridized carbons (Fsp3) is 0.846. The van der Waals surface area contributed by atoms with E-state index in [2.05, 4.69) is 19.2 Å². The molecule has 4 heteroatoms. The molecule has 1 saturated heterocycles. The molecule has 0 aliphatic carbocycles. The summed E-state index contributed by atoms with van der Waals surface area (Å²) in [7, 11) is 0. The normalized spacial score (nSPS) is 26.9. The molecule has 3 atom stereocenters. The lowest BCUT2D eigenvalue weighted by Crippen LogP contribution is -2.62. The zero-order valence-electron chi connectivity index (χ0n) is 11.3. The highest BCUT2D eigenvalue weighted by molar-refractivity contribution is 5.96. The van der Waals surface area contributed by atoms with Gasteiger partial charge in [-0.3, -0.25) is 9.59 Å². The Kier molecular flexibility index (Phi) is 4.97. The smallest absolute Gasteiger partial charge is 0.245 e. The van der Waals surface area contributed by atoms with Crippen LogP contribution >= 0.6 is 0 Å². The number of nitrogens with zero attached hydrogens (tertiary/aromatic N) is 1. The maximum Gasteiger partial charge on any atom is 0.245 e. The Morgan fingerprint density at radius 3 is 2.53 bits per heavy atom. The average molecular weight is 240 g/mol. The number of hydrogen-bond donors (Lipinski definition) is 1. The van der Waals surface area contributed by atoms with E-state index in [-0.39, 0.29) is 23.9 Å². The van der Waals surface area contributed by atoms with Crippen LogP contribution in [0.4, 0.5) is 0 Å². The Morgan fingerprint density at radius 1 is 1.35 bits per heavy atom. The Hall–Kier alpha value is -1.06. The van der Waals surface area contributed by atoms with Gasteiger partial charge in [-0.25, -0.2) is 0 Å². The lowest BCUT2D eigenvalue weighted by Gasteiger charge is -2.38. The van der Waals surface area contributed by atoms with Crippen LogP contribution in [0.2, 0.25) is 0 Å². The summed E-state index contributed by atoms with van der Waals surface area (Å²) in [5, 5.41) is 2.81. The predicted octanol–water partition coefficient (Wildman–Crippen LogP) is 1.55. The van der Waals surface area contributed by atoms with Crippen molar-refractivity contribution in [1.29, 1.82) is 0 Å². The lowest BCUT2D eigenvalue weighted by molar-refractivity contribution is -0.149. The van der Waals surface area contributed by atoms with Crippen molar-refractivity contribution < 1.29 is 9.59 Å². The topological polar surface area (TPSA) is 49.4 Å². The molecule has 0 aromatic heterocycles. The molecule has 3 unspecified atom stereocenters. The first kappa shape index (κ1) is 14.0. The molecule has 1 N–H and O–H groups in total. The maximum atomic E-state index is 12.2. The van der Waals surface area contributed by atoms with E-state index in [0.29, 0.717) is 12.5 Å². The third-order valence-electron chi connectivity index (χ3n) is 3.53. The molecule has 0 spiro atoms. The summed E-state index contributed by atoms with van der Waals surface area (Å²) >= 11 is 0. The second kappa shape index (κ2) is 6.03. The molecule has 1 aliphatic rings. The highest BCUT2D eigenvalue weighted by Crippen LogP contribution is 2.16. The molecule has 2 amide bonds. The minimum atomic E-state index is -0.329. The number of nitrogens with one attached hydrogen (secondary N) is 1. The van der Waals surface area contributed by atoms with Crippen molar-refractivity contribution >= 4 is 11.8 Å². The summed E-state index contributed by atoms with van der Waals surface area (Å²) in [5.41, 5.74) is 0. The van der Waals surface area contributed by atoms with Crippen molar-refractivity contribution in [2.24, 2.45) is 5.92 Å². The molecule has 0 aromatic carbocycles. The van der Waals surface area contributed by atoms with Crippen LogP contribution in [0.1, 0.15) is 47.0 Å². The minimum absolute atomic E-state index is 0.0219. The fourth-order valence-electron chi connectivity index (χ4n) is 2.08. The summed E-state index contributed by atoms with van der Waals surface area (Å²) in [4.78, 5) is 25.8. The largest absolute Gasteiger partial charge is 0.343 e. The lowest BCUT2D eigenvalue weighted by atomic mass is 10.0. The molecular weight excluding hydrogens is 216 g/mol. The number of amides is 2. The van der Waals surface area contributed by atoms with Crippen molar-refractivity contribution in [2.75, 3.05) is 6.54 Å². The third kappa shape index (κ3) is 3.20. The van der Waals surface area contributed by atoms with E-state index in [4.69, 9.17) is 0 Å². The monoisotopic (exact) mass is 240 g/mol. The Balaban J connectivity index is 2.76. The van der Waals surface area contributed by atoms with Gasteiger partial charge < -0.3 is 10.2 Å². The number of carbonyl (C=O) groups is 2. The molecule has 4 nitrogen and oxygen atoms in total. The van der Waals surface area contributed by atoms with E-state index < -0.39 is 0 Å². The zero-order valence-corrected chi connectivity index (χ0v) is 11.3. The van der Waals surface area contributed by atoms with Gasteiger partial charge in [0.2, 0.25) is 11.8 Å². The minimum Gasteiger partial charge on any atom is -0.343 e. The number of rotatable bonds is 5. The number of piperazine rings is 1. The molecule has 1 heterocycles. The second-order valence-corrected chi connectivity index (χ2v) is 5.03. The Bertz CT molecular complexity index is 291. The van der Waals surface area contributed by atoms with E-state index in [1.165, 1.54) is 0 Å². The molecular formula is C13H24N2O2. The number of hydrogen-bond acceptors (Lipinski definition) is 2. The van der Waals surface area contributed by atoms with Crippen LogP contribution in [-0.2, 0) is 9.59 Å². The van der Waals surface area contributed by atoms with Crippen LogP contribution in [0, 0.1) is 5.92 Å². The molecule has 0 radical (unpaired) electrons. The molecule has 98 valence electrons. The molecule has 17 heavy (non-hydrogen) atoms. The molecule has 1 fully saturated rings. The van der Waals surface area contributed by atoms with Crippen LogP contribution in [0.5, 0.6) is 0 Å². The average Bonchev–Trinajstić information content (AvgIpc) is 2.31. The van der Waals surface area contributed by atoms with E-state index >= 15 is 0 Å². The van der Waals surface area contributed by atoms with Gasteiger partial charge in [0.25, 0.3) is 0 Å². The first-order chi connectivity index (χ1) is 8.01. The highest BCUT2D eigenvalue weighted by Gasteiger charge is 2.37. The van der Waals surface area contributed by atoms with E-state index in [9.17, 15) is 9.59 Å². The van der Waals surface area contributed by atoms with Crippen molar-refractivity contribution in [1.82, 2.24) is 10.2 Å². The van der Waals surface area contributed by atoms with E-state index in [1.54, 1.807) is 11.8 Å². The molecule has 1 aliphatic heterocycles. The SMILES string of the molecule is CCCC1NC(=O)C(C)N(CC(C)CC)C1=O. The van der Waals surface area contributed by atoms with Gasteiger partial charge in [-0.15, -0.1) is 0 Å². The van der Waals surface area contributed by atoms with Crippen molar-refractivity contribution in [3.63, 3.8) is 0 Å². The van der Waals surface area contributed by atoms with Crippen molar-refractivity contribution in [3.05, 3.63) is 0 Å². The van der Waals surface area contributed by atoms with Crippen molar-refractivity contribution in [3.8, 4) is 0 Å². The quantitative estimate of drug-likeness (QED) is 0.792. The molecule has 0 aromatic rings. The van der Waals surface area contributed by atoms with Crippen molar-refractivity contribution in [2.45, 2.75) is 59.0 Å². The molecule has 0 saturated carbocycles. The maximum absolute atomic E-state index is 12.2. The van der Waals surface area contributed by atoms with Crippen LogP contribution in [-0.4, -0.2) is 35.3 Å². The van der Waals surface area contributed by atoms with Gasteiger partial charge in [0.15, 0.2) is 0 Å². The molecule has 1 rings (SSSR count). The predicted molar refractivity (Wildman–Crippen MR) is 67.5 cm³/mol. The van der Waals surface area contributed by atoms with Crippen LogP contribution in [0.3, 0.4) is 0 Å². The highest BCUT2D eigenvalue weighted by atomic mass is 16.2. The van der Waals surface area contributed by atoms with Gasteiger partial charge in [-0.1, -0.05) is 33.6 Å². The van der Waals surface area contributed by atoms with E-state index in [0.717, 1.165) is 19.3 Å². The fourth-order valence-corrected chi connectivity index (χ4v) is 2.08. The van der Waals surface area contributed by atoms with Gasteiger partial charge in [0.1, 0.15) is 12.1 Å². The summed E-state index contributed by atoms with van der Waals surface area (Å²) in [5.74, 6) is 0.500. The van der Waals surface area contributed by atoms with Crippen LogP contribution in [0.25, 0.3) is 0 Å². The summed E-state index contributed by atoms with van der Waals surface area (Å²) in [6, 6.07) is -0.641. The third-order valence-corrected chi connectivity index (χ3v) is 3.53. The number of carbonyl (C=O) groups excluding carboxylic acids is 2. The van der Waals surface area contributed by atoms with Gasteiger partial charge >= 0.3 is 0 Å². The first-order valence-corrected chi connectivity index (χ1v) is 6.62. The van der Waals surface area contributed by atoms with Crippen LogP contribution < -0.4 is 5.32 Å². The second-order valence-electron chi connectivity index (χ2n) is 5.03. The van der Waals surface area contributed by atoms with Gasteiger partial charge in [-0.05, 0) is 19.3 Å². The van der Waals surface area contributed by atoms with Crippen LogP contribution in [0.15, 0.2) is 0 Å². The summed E-state index contributed by atoms with van der Waals surface area (Å²) in [6.45, 7) is 8.73. The Morgan fingerprint density at radius 2 is 2.00 bits per heavy atom. The van der Waals surface area contributed by atoms with E-state index in [1.807, 2.05) is 6.92 Å². The molecule has 0 bridgehead atoms. The van der Waals surface area contributed by atoms with Gasteiger partial charge in [0.05, 0.1) is 0 Å². The van der Waals surface area contributed by atoms with Gasteiger partial charge in [-0.2, -0.15) is 0 Å². The first-order valence-electron chi connectivity index (χ1n) is 6.62. The Labute approximate surface area is 104 Å². The van der Waals surface area contributed by atoms with Gasteiger partial charge in [0, 0.05) is 6.54 Å². The summed E-state index contributed by atoms with van der Waals surface area (Å²) < 4.78 is 0. The zero-order chi connectivity index (χ0) is 13.0. The standard InChI is InChI=1S/C13H24N2O2/c1-5-7-11-13(17)15(8-9(3)6-2)10(4)12(16)14-11/h9-11H,5-8H2,1-4H3,(H,14,16). The summed E-state index contributed by atoms with van der Waals surface area (Å²) in [6.07, 6.45) is 2.66.